The van der Waals surface area contributed by atoms with Gasteiger partial charge in [-0.15, -0.1) is 0 Å². The van der Waals surface area contributed by atoms with E-state index < -0.39 is 24.0 Å². The van der Waals surface area contributed by atoms with Gasteiger partial charge in [0.15, 0.2) is 0 Å². The second kappa shape index (κ2) is 11.7. The van der Waals surface area contributed by atoms with E-state index in [-0.39, 0.29) is 31.0 Å². The van der Waals surface area contributed by atoms with E-state index in [1.165, 1.54) is 0 Å². The zero-order chi connectivity index (χ0) is 27.4. The number of carbonyl (C=O) groups is 3. The van der Waals surface area contributed by atoms with Gasteiger partial charge in [0.25, 0.3) is 0 Å². The Balaban J connectivity index is 1.23. The number of aliphatic carboxylic acids is 1. The van der Waals surface area contributed by atoms with Gasteiger partial charge in [0.05, 0.1) is 5.92 Å². The lowest BCUT2D eigenvalue weighted by molar-refractivity contribution is -0.146. The molecule has 202 valence electrons. The number of carboxylic acid groups (broad SMARTS) is 1. The number of likely N-dealkylation sites (N-methyl/N-ethyl adjacent to an activating group) is 1. The van der Waals surface area contributed by atoms with Crippen LogP contribution in [0.2, 0.25) is 0 Å². The minimum Gasteiger partial charge on any atom is -0.481 e. The van der Waals surface area contributed by atoms with E-state index in [9.17, 15) is 14.4 Å². The molecule has 0 saturated heterocycles. The number of nitrogens with zero attached hydrogens (tertiary/aromatic N) is 1. The molecule has 0 spiro atoms. The van der Waals surface area contributed by atoms with Gasteiger partial charge in [-0.05, 0) is 47.7 Å². The molecule has 3 aromatic carbocycles. The summed E-state index contributed by atoms with van der Waals surface area (Å²) in [5.74, 6) is -1.72. The zero-order valence-electron chi connectivity index (χ0n) is 21.9. The summed E-state index contributed by atoms with van der Waals surface area (Å²) in [7, 11) is 1.89. The van der Waals surface area contributed by atoms with Crippen LogP contribution in [0.3, 0.4) is 0 Å². The number of amides is 2. The van der Waals surface area contributed by atoms with Gasteiger partial charge in [0.2, 0.25) is 5.91 Å². The van der Waals surface area contributed by atoms with Crippen LogP contribution >= 0.6 is 0 Å². The van der Waals surface area contributed by atoms with Crippen molar-refractivity contribution in [3.05, 3.63) is 95.6 Å². The second-order valence-electron chi connectivity index (χ2n) is 10.4. The largest absolute Gasteiger partial charge is 0.481 e. The molecule has 2 aliphatic carbocycles. The van der Waals surface area contributed by atoms with Crippen molar-refractivity contribution in [2.45, 2.75) is 37.4 Å². The van der Waals surface area contributed by atoms with Crippen molar-refractivity contribution in [2.24, 2.45) is 5.92 Å². The first-order valence-electron chi connectivity index (χ1n) is 13.3. The fourth-order valence-electron chi connectivity index (χ4n) is 5.49. The normalized spacial score (nSPS) is 18.4. The minimum absolute atomic E-state index is 0.0842. The van der Waals surface area contributed by atoms with Crippen LogP contribution in [0.25, 0.3) is 11.1 Å². The summed E-state index contributed by atoms with van der Waals surface area (Å²) in [5, 5.41) is 14.8. The summed E-state index contributed by atoms with van der Waals surface area (Å²) in [6, 6.07) is 25.0. The van der Waals surface area contributed by atoms with Crippen molar-refractivity contribution in [2.75, 3.05) is 20.2 Å². The molecule has 0 bridgehead atoms. The summed E-state index contributed by atoms with van der Waals surface area (Å²) in [4.78, 5) is 39.3. The third-order valence-electron chi connectivity index (χ3n) is 7.58. The van der Waals surface area contributed by atoms with Gasteiger partial charge in [-0.3, -0.25) is 14.5 Å². The quantitative estimate of drug-likeness (QED) is 0.368. The average molecular weight is 528 g/mol. The Morgan fingerprint density at radius 1 is 0.923 bits per heavy atom. The molecule has 8 heteroatoms. The van der Waals surface area contributed by atoms with Crippen molar-refractivity contribution >= 4 is 18.0 Å². The molecular formula is C31H33N3O5. The Kier molecular flexibility index (Phi) is 7.93. The standard InChI is InChI=1S/C31H33N3O5/c1-34(17-20-9-3-2-4-10-20)18-28(29(35)32-22-15-21(16-22)30(36)37)33-31(38)39-19-27-25-13-7-5-11-23(25)24-12-6-8-14-26(24)27/h2-14,21-22,27-28H,15-19H2,1H3,(H,32,35)(H,33,38)(H,36,37). The van der Waals surface area contributed by atoms with Gasteiger partial charge >= 0.3 is 12.1 Å². The summed E-state index contributed by atoms with van der Waals surface area (Å²) in [6.07, 6.45) is 0.110. The van der Waals surface area contributed by atoms with Crippen molar-refractivity contribution in [1.29, 1.82) is 0 Å². The molecule has 0 heterocycles. The number of rotatable bonds is 10. The maximum atomic E-state index is 13.2. The lowest BCUT2D eigenvalue weighted by Gasteiger charge is -2.34. The second-order valence-corrected chi connectivity index (χ2v) is 10.4. The van der Waals surface area contributed by atoms with Crippen LogP contribution in [-0.2, 0) is 20.9 Å². The number of alkyl carbamates (subject to hydrolysis) is 1. The Labute approximate surface area is 228 Å². The third kappa shape index (κ3) is 6.12. The number of carbonyl (C=O) groups excluding carboxylic acids is 2. The van der Waals surface area contributed by atoms with Crippen molar-refractivity contribution < 1.29 is 24.2 Å². The SMILES string of the molecule is CN(Cc1ccccc1)CC(NC(=O)OCC1c2ccccc2-c2ccccc21)C(=O)NC1CC(C(=O)O)C1. The molecular weight excluding hydrogens is 494 g/mol. The van der Waals surface area contributed by atoms with Crippen molar-refractivity contribution in [1.82, 2.24) is 15.5 Å². The molecule has 3 aromatic rings. The number of fused-ring (bicyclic) bond motifs is 3. The average Bonchev–Trinajstić information content (AvgIpc) is 3.22. The summed E-state index contributed by atoms with van der Waals surface area (Å²) >= 11 is 0. The van der Waals surface area contributed by atoms with Gasteiger partial charge in [-0.2, -0.15) is 0 Å². The predicted octanol–water partition coefficient (Wildman–Crippen LogP) is 4.01. The summed E-state index contributed by atoms with van der Waals surface area (Å²) in [6.45, 7) is 1.01. The molecule has 0 radical (unpaired) electrons. The van der Waals surface area contributed by atoms with E-state index >= 15 is 0 Å². The van der Waals surface area contributed by atoms with Crippen LogP contribution in [0.4, 0.5) is 4.79 Å². The number of benzene rings is 3. The molecule has 1 unspecified atom stereocenters. The lowest BCUT2D eigenvalue weighted by Crippen LogP contribution is -2.56. The van der Waals surface area contributed by atoms with Crippen LogP contribution in [-0.4, -0.2) is 60.3 Å². The van der Waals surface area contributed by atoms with Crippen LogP contribution in [0.15, 0.2) is 78.9 Å². The molecule has 2 aliphatic rings. The summed E-state index contributed by atoms with van der Waals surface area (Å²) < 4.78 is 5.69. The number of ether oxygens (including phenoxy) is 1. The molecule has 1 saturated carbocycles. The van der Waals surface area contributed by atoms with Gasteiger partial charge in [-0.1, -0.05) is 78.9 Å². The van der Waals surface area contributed by atoms with E-state index in [0.29, 0.717) is 19.4 Å². The molecule has 5 rings (SSSR count). The lowest BCUT2D eigenvalue weighted by atomic mass is 9.80. The first kappa shape index (κ1) is 26.4. The highest BCUT2D eigenvalue weighted by Gasteiger charge is 2.37. The molecule has 1 atom stereocenters. The highest BCUT2D eigenvalue weighted by molar-refractivity contribution is 5.86. The van der Waals surface area contributed by atoms with Gasteiger partial charge in [0.1, 0.15) is 12.6 Å². The highest BCUT2D eigenvalue weighted by Crippen LogP contribution is 2.44. The minimum atomic E-state index is -0.863. The first-order valence-corrected chi connectivity index (χ1v) is 13.3. The number of hydrogen-bond donors (Lipinski definition) is 3. The van der Waals surface area contributed by atoms with Gasteiger partial charge < -0.3 is 20.5 Å². The molecule has 2 amide bonds. The zero-order valence-corrected chi connectivity index (χ0v) is 21.9. The fraction of sp³-hybridized carbons (Fsp3) is 0.323. The first-order chi connectivity index (χ1) is 18.9. The van der Waals surface area contributed by atoms with E-state index in [2.05, 4.69) is 34.9 Å². The molecule has 0 aromatic heterocycles. The smallest absolute Gasteiger partial charge is 0.407 e. The molecule has 3 N–H and O–H groups in total. The number of nitrogens with one attached hydrogen (secondary N) is 2. The van der Waals surface area contributed by atoms with Crippen LogP contribution in [0.1, 0.15) is 35.4 Å². The maximum absolute atomic E-state index is 13.2. The third-order valence-corrected chi connectivity index (χ3v) is 7.58. The monoisotopic (exact) mass is 527 g/mol. The summed E-state index contributed by atoms with van der Waals surface area (Å²) in [5.41, 5.74) is 5.59. The fourth-order valence-corrected chi connectivity index (χ4v) is 5.49. The van der Waals surface area contributed by atoms with E-state index in [4.69, 9.17) is 9.84 Å². The Bertz CT molecular complexity index is 1290. The topological polar surface area (TPSA) is 108 Å². The Morgan fingerprint density at radius 3 is 2.13 bits per heavy atom. The Morgan fingerprint density at radius 2 is 1.51 bits per heavy atom. The van der Waals surface area contributed by atoms with Gasteiger partial charge in [-0.25, -0.2) is 4.79 Å². The molecule has 8 nitrogen and oxygen atoms in total. The van der Waals surface area contributed by atoms with E-state index in [1.54, 1.807) is 0 Å². The van der Waals surface area contributed by atoms with Crippen LogP contribution in [0, 0.1) is 5.92 Å². The van der Waals surface area contributed by atoms with Crippen LogP contribution < -0.4 is 10.6 Å². The van der Waals surface area contributed by atoms with Crippen LogP contribution in [0.5, 0.6) is 0 Å². The molecule has 0 aliphatic heterocycles. The van der Waals surface area contributed by atoms with Gasteiger partial charge in [0, 0.05) is 25.0 Å². The van der Waals surface area contributed by atoms with E-state index in [0.717, 1.165) is 27.8 Å². The van der Waals surface area contributed by atoms with Crippen molar-refractivity contribution in [3.8, 4) is 11.1 Å². The highest BCUT2D eigenvalue weighted by atomic mass is 16.5. The molecule has 39 heavy (non-hydrogen) atoms. The number of hydrogen-bond acceptors (Lipinski definition) is 5. The van der Waals surface area contributed by atoms with E-state index in [1.807, 2.05) is 66.5 Å². The number of carboxylic acids is 1. The predicted molar refractivity (Wildman–Crippen MR) is 147 cm³/mol. The maximum Gasteiger partial charge on any atom is 0.407 e. The molecule has 1 fully saturated rings. The Hall–Kier alpha value is -4.17. The van der Waals surface area contributed by atoms with Crippen molar-refractivity contribution in [3.63, 3.8) is 0 Å².